The molecule has 0 radical (unpaired) electrons. The molecule has 0 aliphatic carbocycles. The molecule has 0 atom stereocenters. The van der Waals surface area contributed by atoms with E-state index in [9.17, 15) is 8.42 Å². The summed E-state index contributed by atoms with van der Waals surface area (Å²) in [5.74, 6) is 0. The van der Waals surface area contributed by atoms with Crippen LogP contribution in [-0.4, -0.2) is 23.0 Å². The molecule has 1 aromatic carbocycles. The van der Waals surface area contributed by atoms with Gasteiger partial charge in [0.2, 0.25) is 9.99 Å². The van der Waals surface area contributed by atoms with Crippen LogP contribution in [0.5, 0.6) is 0 Å². The van der Waals surface area contributed by atoms with Crippen LogP contribution in [0.4, 0.5) is 5.69 Å². The second kappa shape index (κ2) is 5.06. The van der Waals surface area contributed by atoms with E-state index < -0.39 is 10.0 Å². The highest BCUT2D eigenvalue weighted by molar-refractivity contribution is 7.92. The lowest BCUT2D eigenvalue weighted by atomic mass is 10.1. The van der Waals surface area contributed by atoms with Crippen LogP contribution in [-0.2, 0) is 10.0 Å². The van der Waals surface area contributed by atoms with E-state index in [1.165, 1.54) is 15.9 Å². The predicted molar refractivity (Wildman–Crippen MR) is 87.1 cm³/mol. The van der Waals surface area contributed by atoms with Gasteiger partial charge in [-0.2, -0.15) is 18.0 Å². The first-order valence-electron chi connectivity index (χ1n) is 6.70. The second-order valence-corrected chi connectivity index (χ2v) is 8.06. The molecule has 0 amide bonds. The summed E-state index contributed by atoms with van der Waals surface area (Å²) in [6.45, 7) is 7.35. The number of rotatable bonds is 3. The van der Waals surface area contributed by atoms with Gasteiger partial charge in [-0.3, -0.25) is 4.72 Å². The van der Waals surface area contributed by atoms with E-state index in [2.05, 4.69) is 14.8 Å². The lowest BCUT2D eigenvalue weighted by molar-refractivity contribution is 0.592. The van der Waals surface area contributed by atoms with Crippen LogP contribution in [0.2, 0.25) is 0 Å². The first-order valence-corrected chi connectivity index (χ1v) is 9.00. The third-order valence-corrected chi connectivity index (χ3v) is 5.46. The lowest BCUT2D eigenvalue weighted by Gasteiger charge is -2.09. The third kappa shape index (κ3) is 2.59. The van der Waals surface area contributed by atoms with Crippen molar-refractivity contribution in [2.45, 2.75) is 32.7 Å². The maximum Gasteiger partial charge on any atom is 0.281 e. The Labute approximate surface area is 132 Å². The average molecular weight is 336 g/mol. The molecule has 0 unspecified atom stereocenters. The summed E-state index contributed by atoms with van der Waals surface area (Å²) < 4.78 is 29.5. The molecule has 116 valence electrons. The minimum absolute atomic E-state index is 0.0889. The monoisotopic (exact) mass is 336 g/mol. The van der Waals surface area contributed by atoms with Gasteiger partial charge in [0.1, 0.15) is 5.01 Å². The largest absolute Gasteiger partial charge is 0.281 e. The fourth-order valence-corrected chi connectivity index (χ4v) is 4.63. The number of nitrogens with zero attached hydrogens (tertiary/aromatic N) is 3. The third-order valence-electron chi connectivity index (χ3n) is 3.15. The van der Waals surface area contributed by atoms with E-state index in [4.69, 9.17) is 0 Å². The number of nitrogens with one attached hydrogen (secondary N) is 1. The van der Waals surface area contributed by atoms with Crippen LogP contribution in [0.3, 0.4) is 0 Å². The van der Waals surface area contributed by atoms with Crippen molar-refractivity contribution in [3.8, 4) is 0 Å². The molecule has 1 N–H and O–H groups in total. The first-order chi connectivity index (χ1) is 10.3. The zero-order chi connectivity index (χ0) is 16.1. The van der Waals surface area contributed by atoms with Crippen molar-refractivity contribution in [2.75, 3.05) is 4.72 Å². The van der Waals surface area contributed by atoms with E-state index in [1.54, 1.807) is 19.1 Å². The van der Waals surface area contributed by atoms with Gasteiger partial charge < -0.3 is 0 Å². The van der Waals surface area contributed by atoms with Gasteiger partial charge in [0, 0.05) is 5.69 Å². The molecule has 3 aromatic rings. The van der Waals surface area contributed by atoms with Gasteiger partial charge in [0.05, 0.1) is 5.69 Å². The van der Waals surface area contributed by atoms with Crippen LogP contribution in [0.15, 0.2) is 23.2 Å². The maximum absolute atomic E-state index is 12.7. The molecular formula is C14H16N4O2S2. The number of aromatic nitrogens is 3. The topological polar surface area (TPSA) is 76.4 Å². The molecule has 0 aliphatic heterocycles. The number of hydrogen-bond acceptors (Lipinski definition) is 5. The molecule has 0 spiro atoms. The Bertz CT molecular complexity index is 950. The molecule has 22 heavy (non-hydrogen) atoms. The van der Waals surface area contributed by atoms with Gasteiger partial charge >= 0.3 is 0 Å². The molecule has 2 heterocycles. The molecule has 0 aliphatic rings. The Morgan fingerprint density at radius 1 is 1.09 bits per heavy atom. The van der Waals surface area contributed by atoms with Crippen LogP contribution >= 0.6 is 11.3 Å². The van der Waals surface area contributed by atoms with E-state index in [0.29, 0.717) is 16.3 Å². The van der Waals surface area contributed by atoms with Crippen molar-refractivity contribution in [3.05, 3.63) is 40.0 Å². The van der Waals surface area contributed by atoms with E-state index in [0.717, 1.165) is 16.1 Å². The van der Waals surface area contributed by atoms with Gasteiger partial charge in [-0.1, -0.05) is 17.4 Å². The Kier molecular flexibility index (Phi) is 3.45. The second-order valence-electron chi connectivity index (χ2n) is 5.30. The molecule has 2 aromatic heterocycles. The summed E-state index contributed by atoms with van der Waals surface area (Å²) in [5, 5.41) is 5.09. The van der Waals surface area contributed by atoms with Crippen molar-refractivity contribution >= 4 is 32.0 Å². The fourth-order valence-electron chi connectivity index (χ4n) is 2.47. The number of hydrogen-bond donors (Lipinski definition) is 1. The van der Waals surface area contributed by atoms with Gasteiger partial charge in [0.15, 0.2) is 0 Å². The minimum Gasteiger partial charge on any atom is -0.278 e. The summed E-state index contributed by atoms with van der Waals surface area (Å²) in [5.41, 5.74) is 2.98. The van der Waals surface area contributed by atoms with Crippen LogP contribution in [0.1, 0.15) is 21.8 Å². The Morgan fingerprint density at radius 3 is 2.36 bits per heavy atom. The average Bonchev–Trinajstić information content (AvgIpc) is 2.80. The van der Waals surface area contributed by atoms with Crippen LogP contribution in [0, 0.1) is 27.7 Å². The van der Waals surface area contributed by atoms with Crippen molar-refractivity contribution in [1.29, 1.82) is 0 Å². The molecular weight excluding hydrogens is 320 g/mol. The van der Waals surface area contributed by atoms with E-state index in [1.807, 2.05) is 26.8 Å². The number of sulfonamides is 1. The zero-order valence-corrected chi connectivity index (χ0v) is 14.3. The standard InChI is InChI=1S/C14H16N4O2S2/c1-8-5-9(2)7-12(6-8)17-22(19,20)13-10(3)15-14-18(13)16-11(4)21-14/h5-7,17H,1-4H3. The normalized spacial score (nSPS) is 12.0. The van der Waals surface area contributed by atoms with Crippen molar-refractivity contribution < 1.29 is 8.42 Å². The van der Waals surface area contributed by atoms with E-state index in [-0.39, 0.29) is 5.03 Å². The summed E-state index contributed by atoms with van der Waals surface area (Å²) in [6, 6.07) is 5.58. The smallest absolute Gasteiger partial charge is 0.278 e. The van der Waals surface area contributed by atoms with Gasteiger partial charge in [0.25, 0.3) is 10.0 Å². The number of benzene rings is 1. The van der Waals surface area contributed by atoms with Gasteiger partial charge in [-0.15, -0.1) is 0 Å². The molecule has 8 heteroatoms. The summed E-state index contributed by atoms with van der Waals surface area (Å²) in [6.07, 6.45) is 0. The van der Waals surface area contributed by atoms with Crippen molar-refractivity contribution in [3.63, 3.8) is 0 Å². The molecule has 0 saturated carbocycles. The Hall–Kier alpha value is -1.93. The van der Waals surface area contributed by atoms with Crippen molar-refractivity contribution in [2.24, 2.45) is 0 Å². The summed E-state index contributed by atoms with van der Waals surface area (Å²) >= 11 is 1.36. The molecule has 6 nitrogen and oxygen atoms in total. The van der Waals surface area contributed by atoms with Crippen molar-refractivity contribution in [1.82, 2.24) is 14.6 Å². The van der Waals surface area contributed by atoms with Crippen LogP contribution < -0.4 is 4.72 Å². The summed E-state index contributed by atoms with van der Waals surface area (Å²) in [4.78, 5) is 4.86. The quantitative estimate of drug-likeness (QED) is 0.798. The minimum atomic E-state index is -3.75. The number of anilines is 1. The molecule has 0 bridgehead atoms. The lowest BCUT2D eigenvalue weighted by Crippen LogP contribution is -2.16. The Balaban J connectivity index is 2.10. The maximum atomic E-state index is 12.7. The summed E-state index contributed by atoms with van der Waals surface area (Å²) in [7, 11) is -3.75. The highest BCUT2D eigenvalue weighted by Gasteiger charge is 2.25. The fraction of sp³-hybridized carbons (Fsp3) is 0.286. The van der Waals surface area contributed by atoms with Crippen LogP contribution in [0.25, 0.3) is 4.96 Å². The van der Waals surface area contributed by atoms with E-state index >= 15 is 0 Å². The molecule has 3 rings (SSSR count). The highest BCUT2D eigenvalue weighted by atomic mass is 32.2. The Morgan fingerprint density at radius 2 is 1.73 bits per heavy atom. The zero-order valence-electron chi connectivity index (χ0n) is 12.7. The first kappa shape index (κ1) is 15.0. The molecule has 0 saturated heterocycles. The highest BCUT2D eigenvalue weighted by Crippen LogP contribution is 2.24. The number of aryl methyl sites for hydroxylation is 4. The predicted octanol–water partition coefficient (Wildman–Crippen LogP) is 2.83. The SMILES string of the molecule is Cc1cc(C)cc(NS(=O)(=O)c2c(C)nc3sc(C)nn23)c1. The molecule has 0 fully saturated rings. The van der Waals surface area contributed by atoms with Gasteiger partial charge in [-0.05, 0) is 51.0 Å². The number of fused-ring (bicyclic) bond motifs is 1. The van der Waals surface area contributed by atoms with Gasteiger partial charge in [-0.25, -0.2) is 4.98 Å². The number of imidazole rings is 1.